The topological polar surface area (TPSA) is 110 Å². The van der Waals surface area contributed by atoms with Crippen LogP contribution < -0.4 is 5.32 Å². The molecule has 0 aliphatic carbocycles. The van der Waals surface area contributed by atoms with Crippen molar-refractivity contribution in [3.8, 4) is 0 Å². The number of carbonyl (C=O) groups excluding carboxylic acids is 2. The van der Waals surface area contributed by atoms with E-state index in [0.29, 0.717) is 25.2 Å². The largest absolute Gasteiger partial charge is 0.354 e. The van der Waals surface area contributed by atoms with Crippen molar-refractivity contribution in [3.05, 3.63) is 21.5 Å². The number of nitrogens with one attached hydrogen (secondary N) is 1. The molecule has 1 aliphatic heterocycles. The Balaban J connectivity index is 2.14. The van der Waals surface area contributed by atoms with Gasteiger partial charge in [-0.05, 0) is 20.3 Å². The third-order valence-electron chi connectivity index (χ3n) is 3.43. The molecule has 0 aromatic carbocycles. The van der Waals surface area contributed by atoms with Crippen LogP contribution in [0.2, 0.25) is 0 Å². The van der Waals surface area contributed by atoms with E-state index in [4.69, 9.17) is 0 Å². The third-order valence-corrected chi connectivity index (χ3v) is 3.43. The zero-order chi connectivity index (χ0) is 15.6. The lowest BCUT2D eigenvalue weighted by atomic mass is 10.3. The molecule has 1 saturated heterocycles. The van der Waals surface area contributed by atoms with Gasteiger partial charge in [-0.3, -0.25) is 24.4 Å². The Morgan fingerprint density at radius 1 is 1.48 bits per heavy atom. The maximum Gasteiger partial charge on any atom is 0.312 e. The molecule has 21 heavy (non-hydrogen) atoms. The van der Waals surface area contributed by atoms with E-state index >= 15 is 0 Å². The lowest BCUT2D eigenvalue weighted by molar-refractivity contribution is -0.386. The molecular weight excluding hydrogens is 278 g/mol. The van der Waals surface area contributed by atoms with Crippen molar-refractivity contribution in [2.75, 3.05) is 19.6 Å². The second kappa shape index (κ2) is 5.90. The fourth-order valence-corrected chi connectivity index (χ4v) is 2.35. The SMILES string of the molecule is Cc1nn(CC(=O)N2CCCNC(=O)C2)c(C)c1[N+](=O)[O-]. The molecule has 0 radical (unpaired) electrons. The van der Waals surface area contributed by atoms with Crippen molar-refractivity contribution in [2.24, 2.45) is 0 Å². The van der Waals surface area contributed by atoms with Crippen LogP contribution in [-0.2, 0) is 16.1 Å². The van der Waals surface area contributed by atoms with Gasteiger partial charge >= 0.3 is 5.69 Å². The molecule has 9 nitrogen and oxygen atoms in total. The fourth-order valence-electron chi connectivity index (χ4n) is 2.35. The van der Waals surface area contributed by atoms with Crippen LogP contribution in [-0.4, -0.2) is 51.1 Å². The quantitative estimate of drug-likeness (QED) is 0.611. The second-order valence-corrected chi connectivity index (χ2v) is 4.95. The summed E-state index contributed by atoms with van der Waals surface area (Å²) < 4.78 is 1.32. The van der Waals surface area contributed by atoms with Crippen molar-refractivity contribution >= 4 is 17.5 Å². The van der Waals surface area contributed by atoms with E-state index in [1.807, 2.05) is 0 Å². The summed E-state index contributed by atoms with van der Waals surface area (Å²) in [5.74, 6) is -0.465. The zero-order valence-electron chi connectivity index (χ0n) is 12.0. The summed E-state index contributed by atoms with van der Waals surface area (Å²) in [6, 6.07) is 0. The molecule has 0 saturated carbocycles. The number of aromatic nitrogens is 2. The molecule has 1 fully saturated rings. The van der Waals surface area contributed by atoms with Crippen LogP contribution in [0.5, 0.6) is 0 Å². The van der Waals surface area contributed by atoms with Crippen LogP contribution in [0.1, 0.15) is 17.8 Å². The van der Waals surface area contributed by atoms with Crippen molar-refractivity contribution in [2.45, 2.75) is 26.8 Å². The molecule has 1 N–H and O–H groups in total. The van der Waals surface area contributed by atoms with E-state index < -0.39 is 4.92 Å². The first-order valence-electron chi connectivity index (χ1n) is 6.63. The number of hydrogen-bond acceptors (Lipinski definition) is 5. The monoisotopic (exact) mass is 295 g/mol. The molecule has 0 spiro atoms. The summed E-state index contributed by atoms with van der Waals surface area (Å²) in [6.07, 6.45) is 0.689. The van der Waals surface area contributed by atoms with Gasteiger partial charge in [0.05, 0.1) is 11.5 Å². The van der Waals surface area contributed by atoms with Crippen LogP contribution in [0, 0.1) is 24.0 Å². The van der Waals surface area contributed by atoms with Gasteiger partial charge in [0, 0.05) is 13.1 Å². The van der Waals surface area contributed by atoms with Gasteiger partial charge in [0.2, 0.25) is 11.8 Å². The lowest BCUT2D eigenvalue weighted by Crippen LogP contribution is -2.39. The van der Waals surface area contributed by atoms with E-state index in [-0.39, 0.29) is 36.3 Å². The van der Waals surface area contributed by atoms with Gasteiger partial charge in [-0.25, -0.2) is 0 Å². The second-order valence-electron chi connectivity index (χ2n) is 4.95. The van der Waals surface area contributed by atoms with Crippen LogP contribution in [0.3, 0.4) is 0 Å². The number of carbonyl (C=O) groups is 2. The first kappa shape index (κ1) is 14.9. The number of rotatable bonds is 3. The molecule has 0 unspecified atom stereocenters. The summed E-state index contributed by atoms with van der Waals surface area (Å²) in [5, 5.41) is 17.7. The Kier molecular flexibility index (Phi) is 4.20. The Bertz CT molecular complexity index is 595. The summed E-state index contributed by atoms with van der Waals surface area (Å²) >= 11 is 0. The average Bonchev–Trinajstić information content (AvgIpc) is 2.58. The minimum Gasteiger partial charge on any atom is -0.354 e. The van der Waals surface area contributed by atoms with Gasteiger partial charge in [0.15, 0.2) is 0 Å². The highest BCUT2D eigenvalue weighted by molar-refractivity contribution is 5.85. The Morgan fingerprint density at radius 2 is 2.19 bits per heavy atom. The highest BCUT2D eigenvalue weighted by atomic mass is 16.6. The summed E-state index contributed by atoms with van der Waals surface area (Å²) in [7, 11) is 0. The van der Waals surface area contributed by atoms with E-state index in [1.165, 1.54) is 16.5 Å². The maximum atomic E-state index is 12.2. The Morgan fingerprint density at radius 3 is 2.81 bits per heavy atom. The molecule has 9 heteroatoms. The van der Waals surface area contributed by atoms with Crippen molar-refractivity contribution in [1.82, 2.24) is 20.0 Å². The van der Waals surface area contributed by atoms with Crippen LogP contribution in [0.25, 0.3) is 0 Å². The number of nitrogens with zero attached hydrogens (tertiary/aromatic N) is 4. The molecule has 1 aromatic rings. The molecule has 2 heterocycles. The number of hydrogen-bond donors (Lipinski definition) is 1. The molecule has 1 aliphatic rings. The number of amides is 2. The molecular formula is C12H17N5O4. The normalized spacial score (nSPS) is 15.5. The van der Waals surface area contributed by atoms with Crippen molar-refractivity contribution in [3.63, 3.8) is 0 Å². The van der Waals surface area contributed by atoms with Gasteiger partial charge in [-0.2, -0.15) is 5.10 Å². The number of aryl methyl sites for hydroxylation is 1. The van der Waals surface area contributed by atoms with Gasteiger partial charge in [-0.1, -0.05) is 0 Å². The average molecular weight is 295 g/mol. The highest BCUT2D eigenvalue weighted by Gasteiger charge is 2.25. The summed E-state index contributed by atoms with van der Waals surface area (Å²) in [6.45, 7) is 4.03. The smallest absolute Gasteiger partial charge is 0.312 e. The van der Waals surface area contributed by atoms with E-state index in [9.17, 15) is 19.7 Å². The van der Waals surface area contributed by atoms with Gasteiger partial charge in [0.1, 0.15) is 17.9 Å². The van der Waals surface area contributed by atoms with Crippen LogP contribution >= 0.6 is 0 Å². The summed E-state index contributed by atoms with van der Waals surface area (Å²) in [5.41, 5.74) is 0.542. The standard InChI is InChI=1S/C12H17N5O4/c1-8-12(17(20)21)9(2)16(14-8)7-11(19)15-5-3-4-13-10(18)6-15/h3-7H2,1-2H3,(H,13,18). The zero-order valence-corrected chi connectivity index (χ0v) is 12.0. The van der Waals surface area contributed by atoms with Gasteiger partial charge in [0.25, 0.3) is 0 Å². The minimum absolute atomic E-state index is 0.0141. The highest BCUT2D eigenvalue weighted by Crippen LogP contribution is 2.21. The summed E-state index contributed by atoms with van der Waals surface area (Å²) in [4.78, 5) is 35.6. The molecule has 0 bridgehead atoms. The first-order valence-corrected chi connectivity index (χ1v) is 6.63. The van der Waals surface area contributed by atoms with E-state index in [2.05, 4.69) is 10.4 Å². The minimum atomic E-state index is -0.502. The van der Waals surface area contributed by atoms with Crippen molar-refractivity contribution in [1.29, 1.82) is 0 Å². The predicted molar refractivity (Wildman–Crippen MR) is 72.6 cm³/mol. The van der Waals surface area contributed by atoms with E-state index in [0.717, 1.165) is 0 Å². The van der Waals surface area contributed by atoms with Crippen LogP contribution in [0.15, 0.2) is 0 Å². The molecule has 1 aromatic heterocycles. The molecule has 2 rings (SSSR count). The van der Waals surface area contributed by atoms with Crippen LogP contribution in [0.4, 0.5) is 5.69 Å². The van der Waals surface area contributed by atoms with Gasteiger partial charge in [-0.15, -0.1) is 0 Å². The van der Waals surface area contributed by atoms with E-state index in [1.54, 1.807) is 6.92 Å². The maximum absolute atomic E-state index is 12.2. The Labute approximate surface area is 121 Å². The molecule has 2 amide bonds. The predicted octanol–water partition coefficient (Wildman–Crippen LogP) is -0.243. The third kappa shape index (κ3) is 3.18. The Hall–Kier alpha value is -2.45. The fraction of sp³-hybridized carbons (Fsp3) is 0.583. The molecule has 114 valence electrons. The number of nitro groups is 1. The van der Waals surface area contributed by atoms with Crippen molar-refractivity contribution < 1.29 is 14.5 Å². The first-order chi connectivity index (χ1) is 9.90. The lowest BCUT2D eigenvalue weighted by Gasteiger charge is -2.19. The molecule has 0 atom stereocenters. The van der Waals surface area contributed by atoms with Gasteiger partial charge < -0.3 is 10.2 Å².